The van der Waals surface area contributed by atoms with Gasteiger partial charge in [-0.05, 0) is 62.1 Å². The number of ether oxygens (including phenoxy) is 6. The number of phenolic OH excluding ortho intramolecular Hbond substituents is 4. The first kappa shape index (κ1) is 45.5. The van der Waals surface area contributed by atoms with Crippen molar-refractivity contribution in [2.24, 2.45) is 0 Å². The number of aromatic carboxylic acids is 1. The molecule has 0 atom stereocenters. The second kappa shape index (κ2) is 22.6. The lowest BCUT2D eigenvalue weighted by molar-refractivity contribution is 0.0696. The highest BCUT2D eigenvalue weighted by molar-refractivity contribution is 6.02. The van der Waals surface area contributed by atoms with Gasteiger partial charge in [0.1, 0.15) is 11.5 Å². The standard InChI is InChI=1S/2C19H26O5.C7H6O2/c2*1-5-7-12(8-6-2)24-15-11-16(23-4)18(20)13-9-10-14(22-3)19(21)17(13)15;8-7(9)6-4-2-1-3-5-6/h2*9-12,20-21H,5-8H2,1-4H3;1-5H,(H,8,9). The van der Waals surface area contributed by atoms with Crippen LogP contribution in [0.5, 0.6) is 57.5 Å². The van der Waals surface area contributed by atoms with Crippen LogP contribution in [0.2, 0.25) is 0 Å². The number of methoxy groups -OCH3 is 4. The summed E-state index contributed by atoms with van der Waals surface area (Å²) in [6.07, 6.45) is 7.80. The lowest BCUT2D eigenvalue weighted by Gasteiger charge is -2.21. The highest BCUT2D eigenvalue weighted by Crippen LogP contribution is 2.49. The minimum Gasteiger partial charge on any atom is -0.504 e. The summed E-state index contributed by atoms with van der Waals surface area (Å²) in [5.41, 5.74) is 0.331. The first-order valence-electron chi connectivity index (χ1n) is 19.2. The van der Waals surface area contributed by atoms with E-state index in [1.807, 2.05) is 0 Å². The summed E-state index contributed by atoms with van der Waals surface area (Å²) in [5, 5.41) is 52.0. The molecule has 0 spiro atoms. The van der Waals surface area contributed by atoms with E-state index < -0.39 is 5.97 Å². The predicted octanol–water partition coefficient (Wildman–Crippen LogP) is 10.6. The minimum absolute atomic E-state index is 0.0275. The molecule has 0 bridgehead atoms. The van der Waals surface area contributed by atoms with Gasteiger partial charge in [-0.2, -0.15) is 0 Å². The van der Waals surface area contributed by atoms with Crippen molar-refractivity contribution in [1.82, 2.24) is 0 Å². The highest BCUT2D eigenvalue weighted by atomic mass is 16.5. The van der Waals surface area contributed by atoms with E-state index in [0.29, 0.717) is 61.6 Å². The monoisotopic (exact) mass is 790 g/mol. The zero-order chi connectivity index (χ0) is 42.1. The molecule has 5 N–H and O–H groups in total. The van der Waals surface area contributed by atoms with Gasteiger partial charge in [-0.3, -0.25) is 0 Å². The van der Waals surface area contributed by atoms with E-state index in [2.05, 4.69) is 27.7 Å². The van der Waals surface area contributed by atoms with Gasteiger partial charge in [-0.25, -0.2) is 4.79 Å². The van der Waals surface area contributed by atoms with Crippen LogP contribution < -0.4 is 28.4 Å². The third-order valence-electron chi connectivity index (χ3n) is 9.21. The van der Waals surface area contributed by atoms with E-state index in [1.165, 1.54) is 28.4 Å². The second-order valence-corrected chi connectivity index (χ2v) is 13.2. The Morgan fingerprint density at radius 3 is 1.12 bits per heavy atom. The molecule has 0 saturated heterocycles. The van der Waals surface area contributed by atoms with Gasteiger partial charge in [0.05, 0.1) is 57.0 Å². The number of rotatable bonds is 17. The number of carboxylic acids is 1. The fraction of sp³-hybridized carbons (Fsp3) is 0.400. The quantitative estimate of drug-likeness (QED) is 0.0604. The van der Waals surface area contributed by atoms with E-state index in [4.69, 9.17) is 33.5 Å². The SMILES string of the molecule is CCCC(CCC)Oc1cc(OC)c(O)c2ccc(OC)c(O)c12.CCCC(CCC)Oc1cc(OC)c(O)c2ccc(OC)c(O)c12.O=C(O)c1ccccc1. The summed E-state index contributed by atoms with van der Waals surface area (Å²) < 4.78 is 33.2. The second-order valence-electron chi connectivity index (χ2n) is 13.2. The maximum atomic E-state index is 10.5. The van der Waals surface area contributed by atoms with Crippen molar-refractivity contribution in [2.75, 3.05) is 28.4 Å². The molecular formula is C45H58O12. The van der Waals surface area contributed by atoms with Crippen molar-refractivity contribution >= 4 is 27.5 Å². The van der Waals surface area contributed by atoms with Gasteiger partial charge in [-0.15, -0.1) is 0 Å². The van der Waals surface area contributed by atoms with Crippen LogP contribution in [-0.2, 0) is 0 Å². The molecule has 57 heavy (non-hydrogen) atoms. The van der Waals surface area contributed by atoms with Crippen LogP contribution in [0.25, 0.3) is 21.5 Å². The first-order valence-corrected chi connectivity index (χ1v) is 19.2. The number of carboxylic acid groups (broad SMARTS) is 1. The minimum atomic E-state index is -0.879. The highest BCUT2D eigenvalue weighted by Gasteiger charge is 2.23. The van der Waals surface area contributed by atoms with Crippen molar-refractivity contribution in [2.45, 2.75) is 91.3 Å². The molecule has 0 unspecified atom stereocenters. The van der Waals surface area contributed by atoms with E-state index >= 15 is 0 Å². The van der Waals surface area contributed by atoms with Crippen LogP contribution in [0.1, 0.15) is 89.4 Å². The van der Waals surface area contributed by atoms with Crippen LogP contribution in [0, 0.1) is 0 Å². The van der Waals surface area contributed by atoms with Crippen LogP contribution in [-0.4, -0.2) is 72.1 Å². The fourth-order valence-corrected chi connectivity index (χ4v) is 6.40. The van der Waals surface area contributed by atoms with Crippen LogP contribution in [0.4, 0.5) is 0 Å². The molecule has 310 valence electrons. The zero-order valence-electron chi connectivity index (χ0n) is 34.3. The smallest absolute Gasteiger partial charge is 0.335 e. The summed E-state index contributed by atoms with van der Waals surface area (Å²) in [7, 11) is 5.96. The Bertz CT molecular complexity index is 1900. The Morgan fingerprint density at radius 1 is 0.491 bits per heavy atom. The molecule has 0 aromatic heterocycles. The maximum absolute atomic E-state index is 10.5. The van der Waals surface area contributed by atoms with E-state index in [9.17, 15) is 25.2 Å². The van der Waals surface area contributed by atoms with Crippen molar-refractivity contribution < 1.29 is 58.7 Å². The van der Waals surface area contributed by atoms with E-state index in [-0.39, 0.29) is 35.2 Å². The van der Waals surface area contributed by atoms with Crippen LogP contribution in [0.15, 0.2) is 66.7 Å². The average molecular weight is 791 g/mol. The molecule has 0 saturated carbocycles. The molecule has 5 aromatic rings. The molecule has 5 rings (SSSR count). The number of hydrogen-bond donors (Lipinski definition) is 5. The van der Waals surface area contributed by atoms with Gasteiger partial charge in [0.25, 0.3) is 0 Å². The van der Waals surface area contributed by atoms with E-state index in [1.54, 1.807) is 66.7 Å². The predicted molar refractivity (Wildman–Crippen MR) is 223 cm³/mol. The van der Waals surface area contributed by atoms with Gasteiger partial charge >= 0.3 is 5.97 Å². The topological polar surface area (TPSA) is 174 Å². The molecule has 0 aliphatic heterocycles. The largest absolute Gasteiger partial charge is 0.504 e. The van der Waals surface area contributed by atoms with Gasteiger partial charge < -0.3 is 54.0 Å². The Morgan fingerprint density at radius 2 is 0.842 bits per heavy atom. The Hall–Kier alpha value is -5.91. The number of phenols is 4. The van der Waals surface area contributed by atoms with Crippen LogP contribution in [0.3, 0.4) is 0 Å². The lowest BCUT2D eigenvalue weighted by Crippen LogP contribution is -2.16. The summed E-state index contributed by atoms with van der Waals surface area (Å²) >= 11 is 0. The van der Waals surface area contributed by atoms with Crippen molar-refractivity contribution in [3.05, 3.63) is 72.3 Å². The molecule has 0 aliphatic rings. The van der Waals surface area contributed by atoms with Gasteiger partial charge in [-0.1, -0.05) is 71.6 Å². The Balaban J connectivity index is 0.000000251. The zero-order valence-corrected chi connectivity index (χ0v) is 34.3. The normalized spacial score (nSPS) is 10.7. The third-order valence-corrected chi connectivity index (χ3v) is 9.21. The molecular weight excluding hydrogens is 732 g/mol. The fourth-order valence-electron chi connectivity index (χ4n) is 6.40. The molecule has 0 aliphatic carbocycles. The molecule has 5 aromatic carbocycles. The van der Waals surface area contributed by atoms with Crippen LogP contribution >= 0.6 is 0 Å². The first-order chi connectivity index (χ1) is 27.4. The third kappa shape index (κ3) is 11.6. The number of carbonyl (C=O) groups is 1. The molecule has 12 heteroatoms. The summed E-state index contributed by atoms with van der Waals surface area (Å²) in [4.78, 5) is 10.2. The molecule has 12 nitrogen and oxygen atoms in total. The Labute approximate surface area is 335 Å². The molecule has 0 radical (unpaired) electrons. The van der Waals surface area contributed by atoms with Gasteiger partial charge in [0, 0.05) is 22.9 Å². The lowest BCUT2D eigenvalue weighted by atomic mass is 10.0. The summed E-state index contributed by atoms with van der Waals surface area (Å²) in [6, 6.07) is 18.1. The summed E-state index contributed by atoms with van der Waals surface area (Å²) in [6.45, 7) is 8.45. The summed E-state index contributed by atoms with van der Waals surface area (Å²) in [5.74, 6) is 1.24. The Kier molecular flexibility index (Phi) is 18.0. The number of benzene rings is 5. The van der Waals surface area contributed by atoms with Gasteiger partial charge in [0.2, 0.25) is 0 Å². The van der Waals surface area contributed by atoms with Crippen molar-refractivity contribution in [3.63, 3.8) is 0 Å². The molecule has 0 heterocycles. The maximum Gasteiger partial charge on any atom is 0.335 e. The average Bonchev–Trinajstić information content (AvgIpc) is 3.21. The van der Waals surface area contributed by atoms with Crippen molar-refractivity contribution in [1.29, 1.82) is 0 Å². The van der Waals surface area contributed by atoms with E-state index in [0.717, 1.165) is 51.4 Å². The number of fused-ring (bicyclic) bond motifs is 2. The number of hydrogen-bond acceptors (Lipinski definition) is 11. The van der Waals surface area contributed by atoms with Crippen molar-refractivity contribution in [3.8, 4) is 57.5 Å². The molecule has 0 fully saturated rings. The number of aromatic hydroxyl groups is 4. The molecule has 0 amide bonds. The van der Waals surface area contributed by atoms with Gasteiger partial charge in [0.15, 0.2) is 46.0 Å².